The molecule has 46 heavy (non-hydrogen) atoms. The van der Waals surface area contributed by atoms with Gasteiger partial charge in [-0.15, -0.1) is 0 Å². The first-order valence-electron chi connectivity index (χ1n) is 15.9. The summed E-state index contributed by atoms with van der Waals surface area (Å²) in [6.45, 7) is 0. The van der Waals surface area contributed by atoms with Gasteiger partial charge in [0, 0.05) is 32.9 Å². The molecule has 0 spiro atoms. The molecule has 11 rings (SSSR count). The molecule has 0 saturated carbocycles. The first-order valence-corrected chi connectivity index (χ1v) is 15.9. The third kappa shape index (κ3) is 3.05. The number of hydrogen-bond acceptors (Lipinski definition) is 0. The van der Waals surface area contributed by atoms with Crippen molar-refractivity contribution in [3.05, 3.63) is 158 Å². The molecule has 2 aromatic heterocycles. The molecule has 2 heteroatoms. The van der Waals surface area contributed by atoms with Gasteiger partial charge in [0.25, 0.3) is 0 Å². The summed E-state index contributed by atoms with van der Waals surface area (Å²) < 4.78 is 4.91. The van der Waals surface area contributed by atoms with Crippen LogP contribution in [0.3, 0.4) is 0 Å². The zero-order valence-corrected chi connectivity index (χ0v) is 24.9. The molecule has 0 aliphatic heterocycles. The standard InChI is InChI=1S/C44H26N2/c1-2-12-28-24-41-38(23-27(28)11-1)44-36-20-10-19-35-31-15-3-4-16-32(31)37(43(35)36)26-42(44)46(41)30-14-9-13-29(25-30)45-39-21-7-5-17-33(39)34-18-6-8-22-40(34)45/h1-26H. The Hall–Kier alpha value is -6.12. The SMILES string of the molecule is c1cc(-n2c3ccccc3c3ccccc32)cc(-n2c3cc4ccccc4cc3c3c4cccc5c4c(cc32)-c2ccccc2-5)c1. The van der Waals surface area contributed by atoms with Crippen LogP contribution in [-0.2, 0) is 0 Å². The van der Waals surface area contributed by atoms with E-state index in [1.807, 2.05) is 0 Å². The second-order valence-corrected chi connectivity index (χ2v) is 12.5. The van der Waals surface area contributed by atoms with E-state index in [0.29, 0.717) is 0 Å². The molecular formula is C44H26N2. The van der Waals surface area contributed by atoms with E-state index in [4.69, 9.17) is 0 Å². The number of benzene rings is 8. The fourth-order valence-electron chi connectivity index (χ4n) is 8.31. The van der Waals surface area contributed by atoms with Crippen molar-refractivity contribution in [1.29, 1.82) is 0 Å². The molecule has 0 amide bonds. The van der Waals surface area contributed by atoms with Crippen LogP contribution in [0, 0.1) is 0 Å². The molecule has 0 fully saturated rings. The molecule has 0 unspecified atom stereocenters. The Morgan fingerprint density at radius 3 is 1.57 bits per heavy atom. The summed E-state index contributed by atoms with van der Waals surface area (Å²) in [6, 6.07) is 58.2. The molecule has 10 aromatic rings. The molecule has 212 valence electrons. The van der Waals surface area contributed by atoms with E-state index in [1.165, 1.54) is 87.4 Å². The summed E-state index contributed by atoms with van der Waals surface area (Å²) in [4.78, 5) is 0. The summed E-state index contributed by atoms with van der Waals surface area (Å²) in [5.74, 6) is 0. The molecule has 1 aliphatic carbocycles. The Balaban J connectivity index is 1.29. The first kappa shape index (κ1) is 24.2. The van der Waals surface area contributed by atoms with Crippen molar-refractivity contribution in [2.24, 2.45) is 0 Å². The van der Waals surface area contributed by atoms with Gasteiger partial charge in [-0.1, -0.05) is 109 Å². The summed E-state index contributed by atoms with van der Waals surface area (Å²) in [5, 5.41) is 10.3. The van der Waals surface area contributed by atoms with E-state index < -0.39 is 0 Å². The summed E-state index contributed by atoms with van der Waals surface area (Å²) in [7, 11) is 0. The highest BCUT2D eigenvalue weighted by Gasteiger charge is 2.25. The van der Waals surface area contributed by atoms with Gasteiger partial charge in [-0.25, -0.2) is 0 Å². The minimum atomic E-state index is 1.16. The smallest absolute Gasteiger partial charge is 0.0553 e. The van der Waals surface area contributed by atoms with Crippen LogP contribution in [0.15, 0.2) is 158 Å². The number of aromatic nitrogens is 2. The summed E-state index contributed by atoms with van der Waals surface area (Å²) in [6.07, 6.45) is 0. The van der Waals surface area contributed by atoms with Crippen LogP contribution in [0.25, 0.3) is 98.8 Å². The normalized spacial score (nSPS) is 12.3. The minimum absolute atomic E-state index is 1.16. The Bertz CT molecular complexity index is 2860. The molecule has 0 saturated heterocycles. The number of hydrogen-bond donors (Lipinski definition) is 0. The van der Waals surface area contributed by atoms with Gasteiger partial charge in [0.1, 0.15) is 0 Å². The molecule has 0 radical (unpaired) electrons. The lowest BCUT2D eigenvalue weighted by atomic mass is 9.97. The van der Waals surface area contributed by atoms with Gasteiger partial charge >= 0.3 is 0 Å². The molecule has 8 aromatic carbocycles. The molecule has 0 bridgehead atoms. The maximum Gasteiger partial charge on any atom is 0.0553 e. The zero-order chi connectivity index (χ0) is 29.9. The molecule has 0 atom stereocenters. The number of nitrogens with zero attached hydrogens (tertiary/aromatic N) is 2. The third-order valence-electron chi connectivity index (χ3n) is 10.2. The molecular weight excluding hydrogens is 556 g/mol. The lowest BCUT2D eigenvalue weighted by molar-refractivity contribution is 1.13. The third-order valence-corrected chi connectivity index (χ3v) is 10.2. The first-order chi connectivity index (χ1) is 22.8. The molecule has 2 heterocycles. The molecule has 0 N–H and O–H groups in total. The van der Waals surface area contributed by atoms with Crippen molar-refractivity contribution in [3.63, 3.8) is 0 Å². The van der Waals surface area contributed by atoms with Crippen LogP contribution < -0.4 is 0 Å². The Morgan fingerprint density at radius 2 is 0.826 bits per heavy atom. The average molecular weight is 583 g/mol. The van der Waals surface area contributed by atoms with E-state index in [-0.39, 0.29) is 0 Å². The van der Waals surface area contributed by atoms with E-state index in [2.05, 4.69) is 167 Å². The Morgan fingerprint density at radius 1 is 0.283 bits per heavy atom. The largest absolute Gasteiger partial charge is 0.309 e. The van der Waals surface area contributed by atoms with Crippen LogP contribution in [0.2, 0.25) is 0 Å². The summed E-state index contributed by atoms with van der Waals surface area (Å²) in [5.41, 5.74) is 12.5. The lowest BCUT2D eigenvalue weighted by Gasteiger charge is -2.13. The second-order valence-electron chi connectivity index (χ2n) is 12.5. The van der Waals surface area contributed by atoms with Gasteiger partial charge in [0.15, 0.2) is 0 Å². The Kier molecular flexibility index (Phi) is 4.61. The lowest BCUT2D eigenvalue weighted by Crippen LogP contribution is -1.98. The van der Waals surface area contributed by atoms with Crippen molar-refractivity contribution < 1.29 is 0 Å². The van der Waals surface area contributed by atoms with Crippen LogP contribution in [0.4, 0.5) is 0 Å². The van der Waals surface area contributed by atoms with E-state index in [9.17, 15) is 0 Å². The number of para-hydroxylation sites is 2. The predicted molar refractivity (Wildman–Crippen MR) is 195 cm³/mol. The highest BCUT2D eigenvalue weighted by atomic mass is 15.0. The fraction of sp³-hybridized carbons (Fsp3) is 0. The zero-order valence-electron chi connectivity index (χ0n) is 24.9. The molecule has 1 aliphatic rings. The number of rotatable bonds is 2. The van der Waals surface area contributed by atoms with Gasteiger partial charge in [-0.2, -0.15) is 0 Å². The predicted octanol–water partition coefficient (Wildman–Crippen LogP) is 11.8. The van der Waals surface area contributed by atoms with Gasteiger partial charge < -0.3 is 9.13 Å². The van der Waals surface area contributed by atoms with Crippen molar-refractivity contribution in [1.82, 2.24) is 9.13 Å². The number of fused-ring (bicyclic) bond motifs is 11. The van der Waals surface area contributed by atoms with Crippen LogP contribution in [0.1, 0.15) is 0 Å². The van der Waals surface area contributed by atoms with Crippen molar-refractivity contribution in [3.8, 4) is 33.6 Å². The highest BCUT2D eigenvalue weighted by Crippen LogP contribution is 2.51. The van der Waals surface area contributed by atoms with Crippen molar-refractivity contribution >= 4 is 65.2 Å². The topological polar surface area (TPSA) is 9.86 Å². The van der Waals surface area contributed by atoms with Gasteiger partial charge in [0.2, 0.25) is 0 Å². The van der Waals surface area contributed by atoms with E-state index in [0.717, 1.165) is 11.4 Å². The van der Waals surface area contributed by atoms with Crippen LogP contribution in [0.5, 0.6) is 0 Å². The van der Waals surface area contributed by atoms with Crippen molar-refractivity contribution in [2.45, 2.75) is 0 Å². The van der Waals surface area contributed by atoms with E-state index in [1.54, 1.807) is 0 Å². The maximum absolute atomic E-state index is 2.50. The van der Waals surface area contributed by atoms with Crippen molar-refractivity contribution in [2.75, 3.05) is 0 Å². The van der Waals surface area contributed by atoms with E-state index >= 15 is 0 Å². The second kappa shape index (κ2) is 8.74. The van der Waals surface area contributed by atoms with Gasteiger partial charge in [-0.3, -0.25) is 0 Å². The fourth-order valence-corrected chi connectivity index (χ4v) is 8.31. The van der Waals surface area contributed by atoms with Gasteiger partial charge in [-0.05, 0) is 92.3 Å². The minimum Gasteiger partial charge on any atom is -0.309 e. The quantitative estimate of drug-likeness (QED) is 0.192. The monoisotopic (exact) mass is 582 g/mol. The van der Waals surface area contributed by atoms with Crippen LogP contribution >= 0.6 is 0 Å². The Labute approximate surface area is 265 Å². The molecule has 2 nitrogen and oxygen atoms in total. The van der Waals surface area contributed by atoms with Crippen LogP contribution in [-0.4, -0.2) is 9.13 Å². The van der Waals surface area contributed by atoms with Gasteiger partial charge in [0.05, 0.1) is 22.1 Å². The highest BCUT2D eigenvalue weighted by molar-refractivity contribution is 6.30. The maximum atomic E-state index is 2.50. The summed E-state index contributed by atoms with van der Waals surface area (Å²) >= 11 is 0. The average Bonchev–Trinajstić information content (AvgIpc) is 3.74.